The van der Waals surface area contributed by atoms with Gasteiger partial charge in [0.05, 0.1) is 17.5 Å². The zero-order chi connectivity index (χ0) is 20.3. The molecule has 0 saturated heterocycles. The summed E-state index contributed by atoms with van der Waals surface area (Å²) in [5.74, 6) is -1.17. The fraction of sp³-hybridized carbons (Fsp3) is 0.208. The molecule has 0 atom stereocenters. The van der Waals surface area contributed by atoms with E-state index in [0.29, 0.717) is 5.69 Å². The summed E-state index contributed by atoms with van der Waals surface area (Å²) in [6, 6.07) is 14.3. The first-order valence-corrected chi connectivity index (χ1v) is 10.4. The minimum absolute atomic E-state index is 0.0395. The van der Waals surface area contributed by atoms with Crippen molar-refractivity contribution in [1.29, 1.82) is 0 Å². The van der Waals surface area contributed by atoms with Crippen LogP contribution in [-0.4, -0.2) is 9.38 Å². The first kappa shape index (κ1) is 18.3. The van der Waals surface area contributed by atoms with Crippen LogP contribution < -0.4 is 0 Å². The van der Waals surface area contributed by atoms with Crippen LogP contribution in [0, 0.1) is 17.0 Å². The second-order valence-corrected chi connectivity index (χ2v) is 9.73. The molecule has 0 bridgehead atoms. The molecule has 0 aliphatic heterocycles. The summed E-state index contributed by atoms with van der Waals surface area (Å²) < 4.78 is 31.1. The molecule has 146 valence electrons. The lowest BCUT2D eigenvalue weighted by Crippen LogP contribution is -2.07. The third kappa shape index (κ3) is 2.92. The van der Waals surface area contributed by atoms with Crippen LogP contribution in [0.3, 0.4) is 0 Å². The summed E-state index contributed by atoms with van der Waals surface area (Å²) in [5, 5.41) is 3.18. The van der Waals surface area contributed by atoms with Gasteiger partial charge in [-0.05, 0) is 35.4 Å². The van der Waals surface area contributed by atoms with Crippen molar-refractivity contribution in [3.63, 3.8) is 0 Å². The van der Waals surface area contributed by atoms with E-state index in [1.165, 1.54) is 23.1 Å². The number of nitrogens with zero attached hydrogens (tertiary/aromatic N) is 2. The minimum Gasteiger partial charge on any atom is -0.283 e. The van der Waals surface area contributed by atoms with Crippen LogP contribution in [0.4, 0.5) is 8.78 Å². The monoisotopic (exact) mass is 406 g/mol. The molecular formula is C24H20F2N2S. The molecule has 0 amide bonds. The van der Waals surface area contributed by atoms with Gasteiger partial charge in [0.1, 0.15) is 22.1 Å². The van der Waals surface area contributed by atoms with E-state index in [-0.39, 0.29) is 11.0 Å². The largest absolute Gasteiger partial charge is 0.283 e. The van der Waals surface area contributed by atoms with Gasteiger partial charge in [-0.2, -0.15) is 0 Å². The van der Waals surface area contributed by atoms with Crippen LogP contribution >= 0.6 is 11.3 Å². The molecule has 5 aromatic rings. The summed E-state index contributed by atoms with van der Waals surface area (Å²) in [5.41, 5.74) is 1.26. The molecule has 5 heteroatoms. The van der Waals surface area contributed by atoms with Crippen LogP contribution in [0.1, 0.15) is 25.6 Å². The van der Waals surface area contributed by atoms with Crippen LogP contribution in [0.15, 0.2) is 54.7 Å². The molecule has 3 heterocycles. The SMILES string of the molecule is CC(C)(C)Cc1cc2c3ccccc3c3ncc(-c4c(F)cccc4F)n3c2s1. The first-order chi connectivity index (χ1) is 13.8. The molecule has 0 fully saturated rings. The third-order valence-corrected chi connectivity index (χ3v) is 6.23. The Balaban J connectivity index is 1.93. The Kier molecular flexibility index (Phi) is 4.00. The van der Waals surface area contributed by atoms with Crippen LogP contribution in [0.2, 0.25) is 0 Å². The van der Waals surface area contributed by atoms with Crippen molar-refractivity contribution in [2.45, 2.75) is 27.2 Å². The van der Waals surface area contributed by atoms with Crippen molar-refractivity contribution >= 4 is 38.0 Å². The van der Waals surface area contributed by atoms with E-state index >= 15 is 0 Å². The van der Waals surface area contributed by atoms with E-state index in [1.54, 1.807) is 17.5 Å². The summed E-state index contributed by atoms with van der Waals surface area (Å²) in [6.07, 6.45) is 2.51. The topological polar surface area (TPSA) is 17.3 Å². The summed E-state index contributed by atoms with van der Waals surface area (Å²) >= 11 is 1.67. The number of hydrogen-bond donors (Lipinski definition) is 0. The number of benzene rings is 2. The molecule has 0 N–H and O–H groups in total. The maximum absolute atomic E-state index is 14.6. The van der Waals surface area contributed by atoms with Gasteiger partial charge in [0, 0.05) is 15.6 Å². The molecule has 0 spiro atoms. The van der Waals surface area contributed by atoms with E-state index < -0.39 is 11.6 Å². The predicted octanol–water partition coefficient (Wildman–Crippen LogP) is 7.24. The van der Waals surface area contributed by atoms with Gasteiger partial charge >= 0.3 is 0 Å². The van der Waals surface area contributed by atoms with Crippen molar-refractivity contribution in [2.24, 2.45) is 5.41 Å². The van der Waals surface area contributed by atoms with Crippen molar-refractivity contribution < 1.29 is 8.78 Å². The molecule has 2 aromatic carbocycles. The number of thiophene rings is 1. The van der Waals surface area contributed by atoms with Crippen LogP contribution in [0.5, 0.6) is 0 Å². The standard InChI is InChI=1S/C24H20F2N2S/c1-24(2,3)12-14-11-17-15-7-4-5-8-16(15)22-27-13-20(28(22)23(17)29-14)21-18(25)9-6-10-19(21)26/h4-11,13H,12H2,1-3H3. The summed E-state index contributed by atoms with van der Waals surface area (Å²) in [7, 11) is 0. The van der Waals surface area contributed by atoms with Gasteiger partial charge in [0.15, 0.2) is 0 Å². The van der Waals surface area contributed by atoms with Gasteiger partial charge in [0.2, 0.25) is 0 Å². The molecule has 2 nitrogen and oxygen atoms in total. The Labute approximate surface area is 171 Å². The Morgan fingerprint density at radius 2 is 1.62 bits per heavy atom. The highest BCUT2D eigenvalue weighted by Crippen LogP contribution is 2.39. The van der Waals surface area contributed by atoms with Crippen molar-refractivity contribution in [1.82, 2.24) is 9.38 Å². The summed E-state index contributed by atoms with van der Waals surface area (Å²) in [6.45, 7) is 6.63. The first-order valence-electron chi connectivity index (χ1n) is 9.58. The van der Waals surface area contributed by atoms with Gasteiger partial charge in [-0.25, -0.2) is 13.8 Å². The Hall–Kier alpha value is -2.79. The maximum atomic E-state index is 14.6. The number of fused-ring (bicyclic) bond motifs is 6. The number of halogens is 2. The molecule has 0 saturated carbocycles. The van der Waals surface area contributed by atoms with Gasteiger partial charge in [0.25, 0.3) is 0 Å². The third-order valence-electron chi connectivity index (χ3n) is 5.11. The van der Waals surface area contributed by atoms with Crippen molar-refractivity contribution in [3.05, 3.63) is 71.2 Å². The average molecular weight is 407 g/mol. The Bertz CT molecular complexity index is 1370. The van der Waals surface area contributed by atoms with Crippen molar-refractivity contribution in [3.8, 4) is 11.3 Å². The normalized spacial score (nSPS) is 12.4. The van der Waals surface area contributed by atoms with Gasteiger partial charge in [-0.15, -0.1) is 11.3 Å². The summed E-state index contributed by atoms with van der Waals surface area (Å²) in [4.78, 5) is 6.79. The minimum atomic E-state index is -0.584. The molecule has 0 aliphatic rings. The second kappa shape index (κ2) is 6.36. The molecular weight excluding hydrogens is 386 g/mol. The number of rotatable bonds is 2. The molecule has 0 radical (unpaired) electrons. The van der Waals surface area contributed by atoms with Crippen molar-refractivity contribution in [2.75, 3.05) is 0 Å². The van der Waals surface area contributed by atoms with Gasteiger partial charge in [-0.3, -0.25) is 4.40 Å². The smallest absolute Gasteiger partial charge is 0.146 e. The lowest BCUT2D eigenvalue weighted by atomic mass is 9.91. The highest BCUT2D eigenvalue weighted by Gasteiger charge is 2.21. The van der Waals surface area contributed by atoms with E-state index in [0.717, 1.165) is 33.1 Å². The van der Waals surface area contributed by atoms with E-state index in [1.807, 2.05) is 22.6 Å². The van der Waals surface area contributed by atoms with Crippen LogP contribution in [0.25, 0.3) is 37.9 Å². The maximum Gasteiger partial charge on any atom is 0.146 e. The van der Waals surface area contributed by atoms with Crippen LogP contribution in [-0.2, 0) is 6.42 Å². The quantitative estimate of drug-likeness (QED) is 0.302. The average Bonchev–Trinajstić information content (AvgIpc) is 3.25. The second-order valence-electron chi connectivity index (χ2n) is 8.61. The number of hydrogen-bond acceptors (Lipinski definition) is 2. The van der Waals surface area contributed by atoms with Gasteiger partial charge < -0.3 is 0 Å². The number of pyridine rings is 1. The number of imidazole rings is 1. The van der Waals surface area contributed by atoms with E-state index in [4.69, 9.17) is 0 Å². The highest BCUT2D eigenvalue weighted by molar-refractivity contribution is 7.18. The molecule has 5 rings (SSSR count). The Morgan fingerprint density at radius 3 is 2.31 bits per heavy atom. The molecule has 3 aromatic heterocycles. The molecule has 0 unspecified atom stereocenters. The zero-order valence-corrected chi connectivity index (χ0v) is 17.3. The number of aromatic nitrogens is 2. The lowest BCUT2D eigenvalue weighted by Gasteiger charge is -2.16. The fourth-order valence-electron chi connectivity index (χ4n) is 3.98. The predicted molar refractivity (Wildman–Crippen MR) is 117 cm³/mol. The van der Waals surface area contributed by atoms with E-state index in [9.17, 15) is 8.78 Å². The lowest BCUT2D eigenvalue weighted by molar-refractivity contribution is 0.415. The van der Waals surface area contributed by atoms with Gasteiger partial charge in [-0.1, -0.05) is 51.1 Å². The van der Waals surface area contributed by atoms with E-state index in [2.05, 4.69) is 37.9 Å². The molecule has 29 heavy (non-hydrogen) atoms. The fourth-order valence-corrected chi connectivity index (χ4v) is 5.46. The highest BCUT2D eigenvalue weighted by atomic mass is 32.1. The Morgan fingerprint density at radius 1 is 0.931 bits per heavy atom. The molecule has 0 aliphatic carbocycles. The zero-order valence-electron chi connectivity index (χ0n) is 16.5.